The number of rotatable bonds is 5. The molecule has 7 heteroatoms. The van der Waals surface area contributed by atoms with Crippen molar-refractivity contribution in [2.24, 2.45) is 0 Å². The van der Waals surface area contributed by atoms with E-state index in [-0.39, 0.29) is 18.4 Å². The first kappa shape index (κ1) is 20.5. The van der Waals surface area contributed by atoms with Gasteiger partial charge in [0.05, 0.1) is 23.5 Å². The summed E-state index contributed by atoms with van der Waals surface area (Å²) in [5, 5.41) is 2.88. The van der Waals surface area contributed by atoms with Gasteiger partial charge in [0, 0.05) is 12.2 Å². The van der Waals surface area contributed by atoms with Gasteiger partial charge >= 0.3 is 0 Å². The molecule has 1 atom stereocenters. The predicted octanol–water partition coefficient (Wildman–Crippen LogP) is 3.12. The topological polar surface area (TPSA) is 68.8 Å². The molecule has 2 aliphatic heterocycles. The molecule has 0 spiro atoms. The van der Waals surface area contributed by atoms with E-state index in [0.717, 1.165) is 19.5 Å². The Hall–Kier alpha value is -2.77. The Kier molecular flexibility index (Phi) is 6.11. The summed E-state index contributed by atoms with van der Waals surface area (Å²) in [5.41, 5.74) is 1.58. The van der Waals surface area contributed by atoms with Crippen LogP contribution in [-0.2, 0) is 4.79 Å². The van der Waals surface area contributed by atoms with Crippen molar-refractivity contribution in [2.75, 3.05) is 43.9 Å². The van der Waals surface area contributed by atoms with E-state index in [4.69, 9.17) is 0 Å². The molecule has 0 aliphatic carbocycles. The van der Waals surface area contributed by atoms with Gasteiger partial charge in [-0.3, -0.25) is 19.4 Å². The van der Waals surface area contributed by atoms with Gasteiger partial charge in [0.15, 0.2) is 5.82 Å². The lowest BCUT2D eigenvalue weighted by Gasteiger charge is -2.33. The van der Waals surface area contributed by atoms with E-state index < -0.39 is 0 Å². The highest BCUT2D eigenvalue weighted by atomic mass is 16.2. The van der Waals surface area contributed by atoms with Crippen LogP contribution in [0.4, 0.5) is 17.2 Å². The quantitative estimate of drug-likeness (QED) is 0.825. The first-order chi connectivity index (χ1) is 14.5. The number of para-hydroxylation sites is 1. The van der Waals surface area contributed by atoms with E-state index in [1.807, 2.05) is 13.1 Å². The number of benzene rings is 1. The van der Waals surface area contributed by atoms with Gasteiger partial charge < -0.3 is 10.2 Å². The van der Waals surface area contributed by atoms with Crippen LogP contribution >= 0.6 is 0 Å². The van der Waals surface area contributed by atoms with Gasteiger partial charge in [-0.05, 0) is 70.7 Å². The van der Waals surface area contributed by atoms with E-state index in [0.29, 0.717) is 28.8 Å². The van der Waals surface area contributed by atoms with Crippen molar-refractivity contribution in [1.82, 2.24) is 14.8 Å². The van der Waals surface area contributed by atoms with Gasteiger partial charge in [-0.25, -0.2) is 4.98 Å². The van der Waals surface area contributed by atoms with E-state index in [1.54, 1.807) is 41.4 Å². The van der Waals surface area contributed by atoms with E-state index in [2.05, 4.69) is 27.1 Å². The minimum atomic E-state index is -0.233. The molecule has 30 heavy (non-hydrogen) atoms. The number of anilines is 3. The van der Waals surface area contributed by atoms with Crippen LogP contribution in [-0.4, -0.2) is 66.4 Å². The largest absolute Gasteiger partial charge is 0.319 e. The molecular formula is C23H29N5O2. The molecular weight excluding hydrogens is 378 g/mol. The number of amides is 2. The summed E-state index contributed by atoms with van der Waals surface area (Å²) in [4.78, 5) is 36.6. The summed E-state index contributed by atoms with van der Waals surface area (Å²) in [6, 6.07) is 11.3. The SMILES string of the molecule is CN(CCC1CCCCN1C)CC(=O)N1c2ccccc2C(=O)Nc2cccnc21. The smallest absolute Gasteiger partial charge is 0.257 e. The standard InChI is InChI=1S/C23H29N5O2/c1-26(15-12-17-8-5-6-14-27(17)2)16-21(29)28-20-11-4-3-9-18(20)23(30)25-19-10-7-13-24-22(19)28/h3-4,7,9-11,13,17H,5-6,8,12,14-16H2,1-2H3,(H,25,30). The van der Waals surface area contributed by atoms with Crippen LogP contribution in [0.2, 0.25) is 0 Å². The van der Waals surface area contributed by atoms with Crippen molar-refractivity contribution in [3.8, 4) is 0 Å². The molecule has 3 heterocycles. The third kappa shape index (κ3) is 4.22. The second-order valence-electron chi connectivity index (χ2n) is 8.23. The Morgan fingerprint density at radius 2 is 2.07 bits per heavy atom. The van der Waals surface area contributed by atoms with Crippen molar-refractivity contribution in [2.45, 2.75) is 31.7 Å². The van der Waals surface area contributed by atoms with Gasteiger partial charge in [0.2, 0.25) is 5.91 Å². The number of hydrogen-bond acceptors (Lipinski definition) is 5. The van der Waals surface area contributed by atoms with Crippen LogP contribution < -0.4 is 10.2 Å². The van der Waals surface area contributed by atoms with Crippen molar-refractivity contribution >= 4 is 29.0 Å². The Morgan fingerprint density at radius 3 is 2.90 bits per heavy atom. The molecule has 1 aromatic carbocycles. The highest BCUT2D eigenvalue weighted by molar-refractivity contribution is 6.17. The Morgan fingerprint density at radius 1 is 1.23 bits per heavy atom. The number of carbonyl (C=O) groups is 2. The number of pyridine rings is 1. The summed E-state index contributed by atoms with van der Waals surface area (Å²) in [7, 11) is 4.17. The third-order valence-corrected chi connectivity index (χ3v) is 6.06. The highest BCUT2D eigenvalue weighted by Gasteiger charge is 2.30. The number of nitrogens with zero attached hydrogens (tertiary/aromatic N) is 4. The number of carbonyl (C=O) groups excluding carboxylic acids is 2. The zero-order valence-electron chi connectivity index (χ0n) is 17.7. The first-order valence-corrected chi connectivity index (χ1v) is 10.6. The summed E-state index contributed by atoms with van der Waals surface area (Å²) in [6.07, 6.45) is 6.47. The van der Waals surface area contributed by atoms with Crippen LogP contribution in [0.25, 0.3) is 0 Å². The maximum absolute atomic E-state index is 13.4. The van der Waals surface area contributed by atoms with Crippen molar-refractivity contribution < 1.29 is 9.59 Å². The molecule has 0 bridgehead atoms. The molecule has 0 saturated carbocycles. The van der Waals surface area contributed by atoms with E-state index >= 15 is 0 Å². The fourth-order valence-electron chi connectivity index (χ4n) is 4.35. The molecule has 2 aliphatic rings. The fraction of sp³-hybridized carbons (Fsp3) is 0.435. The molecule has 7 nitrogen and oxygen atoms in total. The monoisotopic (exact) mass is 407 g/mol. The maximum atomic E-state index is 13.4. The van der Waals surface area contributed by atoms with Gasteiger partial charge in [-0.15, -0.1) is 0 Å². The second-order valence-corrected chi connectivity index (χ2v) is 8.23. The van der Waals surface area contributed by atoms with Crippen LogP contribution in [0.1, 0.15) is 36.0 Å². The molecule has 1 fully saturated rings. The normalized spacial score (nSPS) is 19.1. The maximum Gasteiger partial charge on any atom is 0.257 e. The van der Waals surface area contributed by atoms with Crippen molar-refractivity contribution in [3.63, 3.8) is 0 Å². The Labute approximate surface area is 177 Å². The van der Waals surface area contributed by atoms with E-state index in [9.17, 15) is 9.59 Å². The average molecular weight is 408 g/mol. The fourth-order valence-corrected chi connectivity index (χ4v) is 4.35. The zero-order valence-corrected chi connectivity index (χ0v) is 17.7. The van der Waals surface area contributed by atoms with Crippen LogP contribution in [0.5, 0.6) is 0 Å². The number of fused-ring (bicyclic) bond motifs is 2. The van der Waals surface area contributed by atoms with E-state index in [1.165, 1.54) is 19.3 Å². The zero-order chi connectivity index (χ0) is 21.1. The summed E-state index contributed by atoms with van der Waals surface area (Å²) in [5.74, 6) is 0.128. The van der Waals surface area contributed by atoms with Crippen molar-refractivity contribution in [1.29, 1.82) is 0 Å². The minimum absolute atomic E-state index is 0.0987. The third-order valence-electron chi connectivity index (χ3n) is 6.06. The van der Waals surface area contributed by atoms with Gasteiger partial charge in [-0.1, -0.05) is 18.6 Å². The highest BCUT2D eigenvalue weighted by Crippen LogP contribution is 2.36. The molecule has 1 saturated heterocycles. The predicted molar refractivity (Wildman–Crippen MR) is 118 cm³/mol. The molecule has 2 aromatic rings. The Bertz CT molecular complexity index is 931. The Balaban J connectivity index is 1.53. The summed E-state index contributed by atoms with van der Waals surface area (Å²) in [6.45, 7) is 2.26. The average Bonchev–Trinajstić information content (AvgIpc) is 2.87. The minimum Gasteiger partial charge on any atom is -0.319 e. The number of aromatic nitrogens is 1. The molecule has 2 amide bonds. The molecule has 1 N–H and O–H groups in total. The number of likely N-dealkylation sites (tertiary alicyclic amines) is 1. The van der Waals surface area contributed by atoms with Crippen molar-refractivity contribution in [3.05, 3.63) is 48.2 Å². The van der Waals surface area contributed by atoms with Crippen LogP contribution in [0.3, 0.4) is 0 Å². The number of nitrogens with one attached hydrogen (secondary N) is 1. The van der Waals surface area contributed by atoms with Gasteiger partial charge in [0.1, 0.15) is 0 Å². The number of likely N-dealkylation sites (N-methyl/N-ethyl adjacent to an activating group) is 1. The lowest BCUT2D eigenvalue weighted by molar-refractivity contribution is -0.118. The van der Waals surface area contributed by atoms with Gasteiger partial charge in [-0.2, -0.15) is 0 Å². The van der Waals surface area contributed by atoms with Crippen LogP contribution in [0.15, 0.2) is 42.6 Å². The van der Waals surface area contributed by atoms with Crippen LogP contribution in [0, 0.1) is 0 Å². The lowest BCUT2D eigenvalue weighted by Crippen LogP contribution is -2.41. The molecule has 4 rings (SSSR count). The number of piperidine rings is 1. The first-order valence-electron chi connectivity index (χ1n) is 10.6. The summed E-state index contributed by atoms with van der Waals surface area (Å²) >= 11 is 0. The molecule has 1 aromatic heterocycles. The molecule has 158 valence electrons. The summed E-state index contributed by atoms with van der Waals surface area (Å²) < 4.78 is 0. The van der Waals surface area contributed by atoms with Gasteiger partial charge in [0.25, 0.3) is 5.91 Å². The molecule has 1 unspecified atom stereocenters. The lowest BCUT2D eigenvalue weighted by atomic mass is 10.00. The second kappa shape index (κ2) is 8.93. The molecule has 0 radical (unpaired) electrons. The number of hydrogen-bond donors (Lipinski definition) is 1.